The molecule has 1 fully saturated rings. The topological polar surface area (TPSA) is 38.4 Å². The maximum Gasteiger partial charge on any atom is 0.0966 e. The van der Waals surface area contributed by atoms with Crippen molar-refractivity contribution < 1.29 is 0 Å². The van der Waals surface area contributed by atoms with Crippen molar-refractivity contribution in [1.29, 1.82) is 0 Å². The van der Waals surface area contributed by atoms with Crippen molar-refractivity contribution in [3.63, 3.8) is 0 Å². The molecule has 13 heavy (non-hydrogen) atoms. The van der Waals surface area contributed by atoms with Gasteiger partial charge in [-0.3, -0.25) is 4.99 Å². The van der Waals surface area contributed by atoms with Crippen LogP contribution in [0.1, 0.15) is 33.1 Å². The van der Waals surface area contributed by atoms with Crippen LogP contribution in [0.4, 0.5) is 0 Å². The highest BCUT2D eigenvalue weighted by molar-refractivity contribution is 7.99. The zero-order valence-electron chi connectivity index (χ0n) is 8.79. The van der Waals surface area contributed by atoms with Crippen molar-refractivity contribution in [3.05, 3.63) is 0 Å². The number of hydrogen-bond donors (Lipinski definition) is 1. The third-order valence-corrected chi connectivity index (χ3v) is 3.78. The number of thioether (sulfide) groups is 1. The molecule has 0 amide bonds. The minimum atomic E-state index is 0.392. The quantitative estimate of drug-likeness (QED) is 0.560. The van der Waals surface area contributed by atoms with E-state index in [4.69, 9.17) is 5.73 Å². The van der Waals surface area contributed by atoms with Crippen molar-refractivity contribution in [2.24, 2.45) is 16.6 Å². The van der Waals surface area contributed by atoms with Crippen LogP contribution >= 0.6 is 11.8 Å². The van der Waals surface area contributed by atoms with Crippen molar-refractivity contribution in [2.45, 2.75) is 44.4 Å². The van der Waals surface area contributed by atoms with Gasteiger partial charge in [0.15, 0.2) is 0 Å². The highest BCUT2D eigenvalue weighted by Crippen LogP contribution is 2.30. The monoisotopic (exact) mass is 200 g/mol. The lowest BCUT2D eigenvalue weighted by Crippen LogP contribution is -2.24. The van der Waals surface area contributed by atoms with Crippen LogP contribution < -0.4 is 5.73 Å². The van der Waals surface area contributed by atoms with Crippen LogP contribution in [0.25, 0.3) is 0 Å². The SMILES string of the molecule is CSC1CCCC1N=C(N)C(C)C. The fourth-order valence-corrected chi connectivity index (χ4v) is 2.58. The Bertz CT molecular complexity index is 189. The molecule has 0 radical (unpaired) electrons. The van der Waals surface area contributed by atoms with E-state index >= 15 is 0 Å². The lowest BCUT2D eigenvalue weighted by molar-refractivity contribution is 0.703. The number of nitrogens with two attached hydrogens (primary N) is 1. The van der Waals surface area contributed by atoms with E-state index in [1.165, 1.54) is 19.3 Å². The first-order valence-electron chi connectivity index (χ1n) is 5.01. The molecule has 2 N–H and O–H groups in total. The number of amidine groups is 1. The molecule has 0 bridgehead atoms. The Labute approximate surface area is 85.4 Å². The molecule has 76 valence electrons. The first-order chi connectivity index (χ1) is 6.15. The Kier molecular flexibility index (Phi) is 4.10. The summed E-state index contributed by atoms with van der Waals surface area (Å²) in [4.78, 5) is 4.60. The van der Waals surface area contributed by atoms with E-state index < -0.39 is 0 Å². The summed E-state index contributed by atoms with van der Waals surface area (Å²) in [6.07, 6.45) is 6.01. The molecule has 3 heteroatoms. The summed E-state index contributed by atoms with van der Waals surface area (Å²) in [7, 11) is 0. The summed E-state index contributed by atoms with van der Waals surface area (Å²) in [6.45, 7) is 4.20. The van der Waals surface area contributed by atoms with Gasteiger partial charge in [0.05, 0.1) is 11.9 Å². The van der Waals surface area contributed by atoms with E-state index in [9.17, 15) is 0 Å². The van der Waals surface area contributed by atoms with E-state index in [1.807, 2.05) is 11.8 Å². The molecule has 0 heterocycles. The van der Waals surface area contributed by atoms with Gasteiger partial charge in [0.1, 0.15) is 0 Å². The Hall–Kier alpha value is -0.180. The molecule has 0 saturated heterocycles. The number of aliphatic imine (C=N–C) groups is 1. The molecule has 1 aliphatic carbocycles. The molecule has 0 aromatic heterocycles. The van der Waals surface area contributed by atoms with Gasteiger partial charge in [0.2, 0.25) is 0 Å². The molecule has 0 spiro atoms. The van der Waals surface area contributed by atoms with Crippen molar-refractivity contribution in [2.75, 3.05) is 6.26 Å². The summed E-state index contributed by atoms with van der Waals surface area (Å²) >= 11 is 1.93. The molecule has 2 atom stereocenters. The molecule has 1 aliphatic rings. The first-order valence-corrected chi connectivity index (χ1v) is 6.30. The van der Waals surface area contributed by atoms with Crippen LogP contribution in [0.2, 0.25) is 0 Å². The highest BCUT2D eigenvalue weighted by atomic mass is 32.2. The van der Waals surface area contributed by atoms with Gasteiger partial charge < -0.3 is 5.73 Å². The van der Waals surface area contributed by atoms with Crippen LogP contribution in [0, 0.1) is 5.92 Å². The van der Waals surface area contributed by atoms with Crippen molar-refractivity contribution >= 4 is 17.6 Å². The lowest BCUT2D eigenvalue weighted by atomic mass is 10.2. The molecule has 1 saturated carbocycles. The zero-order valence-corrected chi connectivity index (χ0v) is 9.60. The maximum absolute atomic E-state index is 5.85. The van der Waals surface area contributed by atoms with Crippen LogP contribution in [0.5, 0.6) is 0 Å². The molecule has 2 nitrogen and oxygen atoms in total. The molecular formula is C10H20N2S. The second-order valence-corrected chi connectivity index (χ2v) is 5.06. The summed E-state index contributed by atoms with van der Waals surface area (Å²) in [5, 5.41) is 0.706. The third kappa shape index (κ3) is 2.90. The Morgan fingerprint density at radius 1 is 1.46 bits per heavy atom. The summed E-state index contributed by atoms with van der Waals surface area (Å²) in [5.74, 6) is 1.22. The fourth-order valence-electron chi connectivity index (χ4n) is 1.67. The van der Waals surface area contributed by atoms with Crippen LogP contribution in [0.15, 0.2) is 4.99 Å². The summed E-state index contributed by atoms with van der Waals surface area (Å²) in [6, 6.07) is 0.484. The number of hydrogen-bond acceptors (Lipinski definition) is 2. The number of rotatable bonds is 3. The van der Waals surface area contributed by atoms with Gasteiger partial charge in [-0.2, -0.15) is 11.8 Å². The molecule has 0 aliphatic heterocycles. The van der Waals surface area contributed by atoms with Gasteiger partial charge in [-0.15, -0.1) is 0 Å². The third-order valence-electron chi connectivity index (χ3n) is 2.63. The minimum Gasteiger partial charge on any atom is -0.387 e. The first kappa shape index (κ1) is 10.9. The average molecular weight is 200 g/mol. The Balaban J connectivity index is 2.56. The standard InChI is InChI=1S/C10H20N2S/c1-7(2)10(11)12-8-5-4-6-9(8)13-3/h7-9H,4-6H2,1-3H3,(H2,11,12). The molecule has 0 aromatic rings. The van der Waals surface area contributed by atoms with E-state index in [-0.39, 0.29) is 0 Å². The van der Waals surface area contributed by atoms with Crippen molar-refractivity contribution in [3.8, 4) is 0 Å². The maximum atomic E-state index is 5.85. The predicted octanol–water partition coefficient (Wildman–Crippen LogP) is 2.28. The van der Waals surface area contributed by atoms with Crippen LogP contribution in [-0.2, 0) is 0 Å². The van der Waals surface area contributed by atoms with E-state index in [2.05, 4.69) is 25.1 Å². The van der Waals surface area contributed by atoms with Gasteiger partial charge >= 0.3 is 0 Å². The van der Waals surface area contributed by atoms with Crippen LogP contribution in [-0.4, -0.2) is 23.4 Å². The molecule has 1 rings (SSSR count). The Morgan fingerprint density at radius 2 is 2.15 bits per heavy atom. The van der Waals surface area contributed by atoms with Crippen molar-refractivity contribution in [1.82, 2.24) is 0 Å². The van der Waals surface area contributed by atoms with Gasteiger partial charge in [-0.25, -0.2) is 0 Å². The minimum absolute atomic E-state index is 0.392. The van der Waals surface area contributed by atoms with Crippen LogP contribution in [0.3, 0.4) is 0 Å². The predicted molar refractivity (Wildman–Crippen MR) is 61.4 cm³/mol. The van der Waals surface area contributed by atoms with Gasteiger partial charge in [-0.1, -0.05) is 20.3 Å². The molecule has 2 unspecified atom stereocenters. The normalized spacial score (nSPS) is 30.0. The van der Waals surface area contributed by atoms with E-state index in [1.54, 1.807) is 0 Å². The molecular weight excluding hydrogens is 180 g/mol. The lowest BCUT2D eigenvalue weighted by Gasteiger charge is -2.15. The van der Waals surface area contributed by atoms with Gasteiger partial charge in [0, 0.05) is 11.2 Å². The smallest absolute Gasteiger partial charge is 0.0966 e. The van der Waals surface area contributed by atoms with Gasteiger partial charge in [0.25, 0.3) is 0 Å². The average Bonchev–Trinajstić information content (AvgIpc) is 2.51. The second-order valence-electron chi connectivity index (χ2n) is 3.98. The zero-order chi connectivity index (χ0) is 9.84. The highest BCUT2D eigenvalue weighted by Gasteiger charge is 2.26. The van der Waals surface area contributed by atoms with E-state index in [0.717, 1.165) is 5.84 Å². The number of nitrogens with zero attached hydrogens (tertiary/aromatic N) is 1. The largest absolute Gasteiger partial charge is 0.387 e. The fraction of sp³-hybridized carbons (Fsp3) is 0.900. The van der Waals surface area contributed by atoms with E-state index in [0.29, 0.717) is 17.2 Å². The summed E-state index contributed by atoms with van der Waals surface area (Å²) in [5.41, 5.74) is 5.85. The second kappa shape index (κ2) is 4.89. The Morgan fingerprint density at radius 3 is 2.69 bits per heavy atom. The summed E-state index contributed by atoms with van der Waals surface area (Å²) < 4.78 is 0. The molecule has 0 aromatic carbocycles. The van der Waals surface area contributed by atoms with Gasteiger partial charge in [-0.05, 0) is 19.1 Å².